The maximum absolute atomic E-state index is 11.7. The lowest BCUT2D eigenvalue weighted by Crippen LogP contribution is -2.42. The number of aliphatic hydroxyl groups excluding tert-OH is 1. The average molecular weight is 274 g/mol. The van der Waals surface area contributed by atoms with E-state index < -0.39 is 18.0 Å². The van der Waals surface area contributed by atoms with Crippen LogP contribution in [0, 0.1) is 11.8 Å². The summed E-state index contributed by atoms with van der Waals surface area (Å²) in [6.07, 6.45) is 0.577. The van der Waals surface area contributed by atoms with Gasteiger partial charge in [0.05, 0.1) is 12.0 Å². The number of nitrogens with zero attached hydrogens (tertiary/aromatic N) is 1. The maximum Gasteiger partial charge on any atom is 0.317 e. The number of aliphatic carboxylic acids is 1. The highest BCUT2D eigenvalue weighted by atomic mass is 16.4. The van der Waals surface area contributed by atoms with Crippen LogP contribution in [0.5, 0.6) is 0 Å². The summed E-state index contributed by atoms with van der Waals surface area (Å²) in [5.74, 6) is -1.18. The van der Waals surface area contributed by atoms with Crippen molar-refractivity contribution in [1.29, 1.82) is 0 Å². The molecule has 6 heteroatoms. The van der Waals surface area contributed by atoms with Crippen LogP contribution in [0.25, 0.3) is 0 Å². The number of carboxylic acids is 1. The fraction of sp³-hybridized carbons (Fsp3) is 0.846. The van der Waals surface area contributed by atoms with Gasteiger partial charge in [-0.25, -0.2) is 4.79 Å². The molecule has 0 aromatic rings. The van der Waals surface area contributed by atoms with Gasteiger partial charge < -0.3 is 20.4 Å². The summed E-state index contributed by atoms with van der Waals surface area (Å²) in [5, 5.41) is 20.8. The molecule has 2 amide bonds. The lowest BCUT2D eigenvalue weighted by atomic mass is 9.97. The van der Waals surface area contributed by atoms with Crippen LogP contribution in [-0.4, -0.2) is 53.4 Å². The van der Waals surface area contributed by atoms with Crippen molar-refractivity contribution in [3.63, 3.8) is 0 Å². The van der Waals surface area contributed by atoms with Crippen molar-refractivity contribution in [1.82, 2.24) is 10.2 Å². The number of nitrogens with one attached hydrogen (secondary N) is 1. The first-order valence-corrected chi connectivity index (χ1v) is 6.63. The van der Waals surface area contributed by atoms with Gasteiger partial charge in [-0.1, -0.05) is 13.8 Å². The second-order valence-corrected chi connectivity index (χ2v) is 5.41. The van der Waals surface area contributed by atoms with Crippen LogP contribution in [0.15, 0.2) is 0 Å². The lowest BCUT2D eigenvalue weighted by Gasteiger charge is -2.21. The van der Waals surface area contributed by atoms with E-state index in [2.05, 4.69) is 5.32 Å². The monoisotopic (exact) mass is 274 g/mol. The topological polar surface area (TPSA) is 89.9 Å². The van der Waals surface area contributed by atoms with Gasteiger partial charge in [-0.05, 0) is 25.7 Å². The molecule has 0 aliphatic rings. The molecule has 0 aliphatic heterocycles. The normalized spacial score (nSPS) is 14.0. The summed E-state index contributed by atoms with van der Waals surface area (Å²) >= 11 is 0. The zero-order valence-corrected chi connectivity index (χ0v) is 12.2. The van der Waals surface area contributed by atoms with E-state index in [1.54, 1.807) is 14.0 Å². The molecular formula is C13H26N2O4. The first-order chi connectivity index (χ1) is 8.73. The van der Waals surface area contributed by atoms with Crippen LogP contribution in [0.4, 0.5) is 4.79 Å². The number of hydrogen-bond donors (Lipinski definition) is 3. The molecule has 0 heterocycles. The number of carbonyl (C=O) groups excluding carboxylic acids is 1. The van der Waals surface area contributed by atoms with Crippen molar-refractivity contribution in [2.24, 2.45) is 11.8 Å². The van der Waals surface area contributed by atoms with Crippen LogP contribution in [0.3, 0.4) is 0 Å². The number of hydrogen-bond acceptors (Lipinski definition) is 3. The van der Waals surface area contributed by atoms with Crippen molar-refractivity contribution in [3.8, 4) is 0 Å². The predicted molar refractivity (Wildman–Crippen MR) is 72.9 cm³/mol. The molecule has 0 bridgehead atoms. The fourth-order valence-corrected chi connectivity index (χ4v) is 1.67. The van der Waals surface area contributed by atoms with Gasteiger partial charge >= 0.3 is 12.0 Å². The van der Waals surface area contributed by atoms with Crippen molar-refractivity contribution < 1.29 is 19.8 Å². The van der Waals surface area contributed by atoms with Gasteiger partial charge in [-0.15, -0.1) is 0 Å². The summed E-state index contributed by atoms with van der Waals surface area (Å²) in [5.41, 5.74) is 0. The molecule has 0 spiro atoms. The van der Waals surface area contributed by atoms with Gasteiger partial charge in [0.25, 0.3) is 0 Å². The summed E-state index contributed by atoms with van der Waals surface area (Å²) in [4.78, 5) is 24.2. The van der Waals surface area contributed by atoms with E-state index in [4.69, 9.17) is 10.2 Å². The Balaban J connectivity index is 4.13. The van der Waals surface area contributed by atoms with Crippen LogP contribution in [-0.2, 0) is 4.79 Å². The lowest BCUT2D eigenvalue weighted by molar-refractivity contribution is -0.142. The molecule has 2 atom stereocenters. The molecule has 0 aromatic heterocycles. The zero-order chi connectivity index (χ0) is 15.0. The highest BCUT2D eigenvalue weighted by Gasteiger charge is 2.20. The third kappa shape index (κ3) is 8.42. The van der Waals surface area contributed by atoms with Gasteiger partial charge in [0.15, 0.2) is 0 Å². The Kier molecular flexibility index (Phi) is 8.14. The zero-order valence-electron chi connectivity index (χ0n) is 12.2. The minimum absolute atomic E-state index is 0.130. The van der Waals surface area contributed by atoms with E-state index in [0.29, 0.717) is 19.4 Å². The summed E-state index contributed by atoms with van der Waals surface area (Å²) < 4.78 is 0. The van der Waals surface area contributed by atoms with Crippen LogP contribution >= 0.6 is 0 Å². The molecular weight excluding hydrogens is 248 g/mol. The van der Waals surface area contributed by atoms with E-state index in [0.717, 1.165) is 0 Å². The van der Waals surface area contributed by atoms with Gasteiger partial charge in [-0.3, -0.25) is 4.79 Å². The molecule has 0 radical (unpaired) electrons. The van der Waals surface area contributed by atoms with Crippen molar-refractivity contribution >= 4 is 12.0 Å². The summed E-state index contributed by atoms with van der Waals surface area (Å²) in [6, 6.07) is -0.310. The van der Waals surface area contributed by atoms with Crippen molar-refractivity contribution in [2.75, 3.05) is 20.1 Å². The highest BCUT2D eigenvalue weighted by molar-refractivity contribution is 5.75. The molecule has 3 N–H and O–H groups in total. The third-order valence-corrected chi connectivity index (χ3v) is 2.83. The fourth-order valence-electron chi connectivity index (χ4n) is 1.67. The predicted octanol–water partition coefficient (Wildman–Crippen LogP) is 1.15. The first kappa shape index (κ1) is 17.7. The smallest absolute Gasteiger partial charge is 0.317 e. The Bertz CT molecular complexity index is 292. The van der Waals surface area contributed by atoms with Gasteiger partial charge in [0.1, 0.15) is 0 Å². The van der Waals surface area contributed by atoms with E-state index in [1.807, 2.05) is 13.8 Å². The van der Waals surface area contributed by atoms with Gasteiger partial charge in [0.2, 0.25) is 0 Å². The maximum atomic E-state index is 11.7. The van der Waals surface area contributed by atoms with Crippen molar-refractivity contribution in [3.05, 3.63) is 0 Å². The van der Waals surface area contributed by atoms with Crippen LogP contribution in [0.2, 0.25) is 0 Å². The van der Waals surface area contributed by atoms with Crippen molar-refractivity contribution in [2.45, 2.75) is 39.7 Å². The molecule has 19 heavy (non-hydrogen) atoms. The standard InChI is InChI=1S/C13H26N2O4/c1-9(2)7-11(12(17)18)8-14-13(19)15(4)6-5-10(3)16/h9-11,16H,5-8H2,1-4H3,(H,14,19)(H,17,18). The average Bonchev–Trinajstić information content (AvgIpc) is 2.29. The van der Waals surface area contributed by atoms with E-state index in [1.165, 1.54) is 4.90 Å². The van der Waals surface area contributed by atoms with E-state index in [9.17, 15) is 9.59 Å². The van der Waals surface area contributed by atoms with Gasteiger partial charge in [0, 0.05) is 20.1 Å². The Morgan fingerprint density at radius 2 is 1.84 bits per heavy atom. The van der Waals surface area contributed by atoms with E-state index >= 15 is 0 Å². The molecule has 0 saturated carbocycles. The quantitative estimate of drug-likeness (QED) is 0.619. The molecule has 0 rings (SSSR count). The number of amides is 2. The largest absolute Gasteiger partial charge is 0.481 e. The highest BCUT2D eigenvalue weighted by Crippen LogP contribution is 2.11. The minimum Gasteiger partial charge on any atom is -0.481 e. The molecule has 0 fully saturated rings. The molecule has 2 unspecified atom stereocenters. The second-order valence-electron chi connectivity index (χ2n) is 5.41. The number of urea groups is 1. The molecule has 112 valence electrons. The molecule has 0 aromatic carbocycles. The van der Waals surface area contributed by atoms with Crippen LogP contribution < -0.4 is 5.32 Å². The summed E-state index contributed by atoms with van der Waals surface area (Å²) in [7, 11) is 1.62. The first-order valence-electron chi connectivity index (χ1n) is 6.63. The minimum atomic E-state index is -0.888. The molecule has 6 nitrogen and oxygen atoms in total. The summed E-state index contributed by atoms with van der Waals surface area (Å²) in [6.45, 7) is 6.13. The Hall–Kier alpha value is -1.30. The Morgan fingerprint density at radius 1 is 1.26 bits per heavy atom. The van der Waals surface area contributed by atoms with Gasteiger partial charge in [-0.2, -0.15) is 0 Å². The Morgan fingerprint density at radius 3 is 2.26 bits per heavy atom. The third-order valence-electron chi connectivity index (χ3n) is 2.83. The molecule has 0 saturated heterocycles. The number of rotatable bonds is 8. The SMILES string of the molecule is CC(C)CC(CNC(=O)N(C)CCC(C)O)C(=O)O. The Labute approximate surface area is 114 Å². The number of carbonyl (C=O) groups is 2. The molecule has 0 aliphatic carbocycles. The second kappa shape index (κ2) is 8.74. The number of carboxylic acid groups (broad SMARTS) is 1. The van der Waals surface area contributed by atoms with E-state index in [-0.39, 0.29) is 18.5 Å². The van der Waals surface area contributed by atoms with Crippen LogP contribution in [0.1, 0.15) is 33.6 Å². The number of aliphatic hydroxyl groups is 1.